The molecule has 15 heavy (non-hydrogen) atoms. The molecule has 0 aliphatic carbocycles. The predicted molar refractivity (Wildman–Crippen MR) is 57.6 cm³/mol. The first-order valence-corrected chi connectivity index (χ1v) is 4.92. The van der Waals surface area contributed by atoms with E-state index in [1.807, 2.05) is 0 Å². The first-order valence-electron chi connectivity index (χ1n) is 4.13. The maximum Gasteiger partial charge on any atom is 0.250 e. The molecule has 0 aromatic carbocycles. The standard InChI is InChI=1S/C9H7BrN4O/c10-7-4-13-14(5-7)8-2-1-6(3-12-8)9(11)15/h1-5H,(H2,11,15). The van der Waals surface area contributed by atoms with Gasteiger partial charge in [-0.3, -0.25) is 4.79 Å². The highest BCUT2D eigenvalue weighted by molar-refractivity contribution is 9.10. The van der Waals surface area contributed by atoms with Crippen LogP contribution in [0.5, 0.6) is 0 Å². The second-order valence-corrected chi connectivity index (χ2v) is 3.79. The van der Waals surface area contributed by atoms with Gasteiger partial charge in [-0.15, -0.1) is 0 Å². The number of rotatable bonds is 2. The number of nitrogens with zero attached hydrogens (tertiary/aromatic N) is 3. The van der Waals surface area contributed by atoms with Gasteiger partial charge in [-0.25, -0.2) is 9.67 Å². The summed E-state index contributed by atoms with van der Waals surface area (Å²) in [5.74, 6) is 0.140. The molecule has 0 bridgehead atoms. The van der Waals surface area contributed by atoms with E-state index in [4.69, 9.17) is 5.73 Å². The summed E-state index contributed by atoms with van der Waals surface area (Å²) in [6.45, 7) is 0. The third kappa shape index (κ3) is 2.04. The summed E-state index contributed by atoms with van der Waals surface area (Å²) in [5, 5.41) is 4.05. The fourth-order valence-corrected chi connectivity index (χ4v) is 1.38. The number of hydrogen-bond donors (Lipinski definition) is 1. The van der Waals surface area contributed by atoms with Crippen LogP contribution in [0.2, 0.25) is 0 Å². The lowest BCUT2D eigenvalue weighted by Crippen LogP contribution is -2.11. The van der Waals surface area contributed by atoms with Crippen molar-refractivity contribution in [2.75, 3.05) is 0 Å². The number of primary amides is 1. The molecule has 0 aliphatic rings. The minimum Gasteiger partial charge on any atom is -0.366 e. The summed E-state index contributed by atoms with van der Waals surface area (Å²) >= 11 is 3.28. The number of halogens is 1. The van der Waals surface area contributed by atoms with E-state index in [1.54, 1.807) is 29.2 Å². The molecule has 0 radical (unpaired) electrons. The van der Waals surface area contributed by atoms with Crippen molar-refractivity contribution >= 4 is 21.8 Å². The quantitative estimate of drug-likeness (QED) is 0.886. The topological polar surface area (TPSA) is 73.8 Å². The van der Waals surface area contributed by atoms with Crippen LogP contribution in [-0.2, 0) is 0 Å². The molecular weight excluding hydrogens is 260 g/mol. The van der Waals surface area contributed by atoms with Crippen molar-refractivity contribution in [1.29, 1.82) is 0 Å². The monoisotopic (exact) mass is 266 g/mol. The Morgan fingerprint density at radius 1 is 1.40 bits per heavy atom. The summed E-state index contributed by atoms with van der Waals surface area (Å²) in [6, 6.07) is 3.29. The molecule has 2 aromatic heterocycles. The van der Waals surface area contributed by atoms with Crippen LogP contribution >= 0.6 is 15.9 Å². The molecule has 2 heterocycles. The highest BCUT2D eigenvalue weighted by atomic mass is 79.9. The molecule has 0 unspecified atom stereocenters. The zero-order valence-electron chi connectivity index (χ0n) is 7.59. The normalized spacial score (nSPS) is 10.2. The van der Waals surface area contributed by atoms with Crippen LogP contribution in [0, 0.1) is 0 Å². The Balaban J connectivity index is 2.35. The van der Waals surface area contributed by atoms with E-state index in [-0.39, 0.29) is 0 Å². The molecule has 2 aromatic rings. The van der Waals surface area contributed by atoms with Gasteiger partial charge in [-0.05, 0) is 28.1 Å². The van der Waals surface area contributed by atoms with Crippen molar-refractivity contribution < 1.29 is 4.79 Å². The minimum atomic E-state index is -0.490. The minimum absolute atomic E-state index is 0.380. The molecule has 0 saturated carbocycles. The summed E-state index contributed by atoms with van der Waals surface area (Å²) in [6.07, 6.45) is 4.85. The second kappa shape index (κ2) is 3.82. The Labute approximate surface area is 94.0 Å². The Morgan fingerprint density at radius 3 is 2.67 bits per heavy atom. The van der Waals surface area contributed by atoms with E-state index in [0.717, 1.165) is 4.47 Å². The SMILES string of the molecule is NC(=O)c1ccc(-n2cc(Br)cn2)nc1. The largest absolute Gasteiger partial charge is 0.366 e. The average Bonchev–Trinajstić information content (AvgIpc) is 2.65. The lowest BCUT2D eigenvalue weighted by molar-refractivity contribution is 0.1000. The van der Waals surface area contributed by atoms with Gasteiger partial charge in [-0.2, -0.15) is 5.10 Å². The van der Waals surface area contributed by atoms with Crippen LogP contribution in [0.3, 0.4) is 0 Å². The maximum atomic E-state index is 10.8. The third-order valence-electron chi connectivity index (χ3n) is 1.82. The Kier molecular flexibility index (Phi) is 2.51. The van der Waals surface area contributed by atoms with E-state index >= 15 is 0 Å². The van der Waals surface area contributed by atoms with Gasteiger partial charge in [0.1, 0.15) is 0 Å². The fourth-order valence-electron chi connectivity index (χ4n) is 1.09. The third-order valence-corrected chi connectivity index (χ3v) is 2.23. The highest BCUT2D eigenvalue weighted by Gasteiger charge is 2.03. The molecular formula is C9H7BrN4O. The zero-order valence-corrected chi connectivity index (χ0v) is 9.18. The number of carbonyl (C=O) groups excluding carboxylic acids is 1. The van der Waals surface area contributed by atoms with Gasteiger partial charge < -0.3 is 5.73 Å². The Morgan fingerprint density at radius 2 is 2.20 bits per heavy atom. The zero-order chi connectivity index (χ0) is 10.8. The highest BCUT2D eigenvalue weighted by Crippen LogP contribution is 2.10. The average molecular weight is 267 g/mol. The molecule has 2 N–H and O–H groups in total. The van der Waals surface area contributed by atoms with E-state index in [2.05, 4.69) is 26.0 Å². The van der Waals surface area contributed by atoms with Crippen LogP contribution in [0.15, 0.2) is 35.2 Å². The van der Waals surface area contributed by atoms with Gasteiger partial charge in [0, 0.05) is 12.4 Å². The van der Waals surface area contributed by atoms with E-state index < -0.39 is 5.91 Å². The number of pyridine rings is 1. The lowest BCUT2D eigenvalue weighted by Gasteiger charge is -2.00. The van der Waals surface area contributed by atoms with Gasteiger partial charge in [0.2, 0.25) is 5.91 Å². The van der Waals surface area contributed by atoms with Gasteiger partial charge in [0.25, 0.3) is 0 Å². The Hall–Kier alpha value is -1.69. The van der Waals surface area contributed by atoms with Gasteiger partial charge in [-0.1, -0.05) is 0 Å². The predicted octanol–water partition coefficient (Wildman–Crippen LogP) is 1.13. The molecule has 1 amide bonds. The van der Waals surface area contributed by atoms with Crippen molar-refractivity contribution in [3.63, 3.8) is 0 Å². The molecule has 76 valence electrons. The fraction of sp³-hybridized carbons (Fsp3) is 0. The summed E-state index contributed by atoms with van der Waals surface area (Å²) in [4.78, 5) is 14.9. The van der Waals surface area contributed by atoms with Crippen molar-refractivity contribution in [1.82, 2.24) is 14.8 Å². The smallest absolute Gasteiger partial charge is 0.250 e. The molecule has 2 rings (SSSR count). The maximum absolute atomic E-state index is 10.8. The van der Waals surface area contributed by atoms with Crippen molar-refractivity contribution in [2.45, 2.75) is 0 Å². The molecule has 0 fully saturated rings. The van der Waals surface area contributed by atoms with E-state index in [0.29, 0.717) is 11.4 Å². The molecule has 5 nitrogen and oxygen atoms in total. The molecule has 0 spiro atoms. The number of amides is 1. The van der Waals surface area contributed by atoms with Gasteiger partial charge in [0.15, 0.2) is 5.82 Å². The second-order valence-electron chi connectivity index (χ2n) is 2.87. The van der Waals surface area contributed by atoms with Crippen molar-refractivity contribution in [2.24, 2.45) is 5.73 Å². The van der Waals surface area contributed by atoms with Crippen molar-refractivity contribution in [3.05, 3.63) is 40.8 Å². The van der Waals surface area contributed by atoms with Crippen LogP contribution in [0.4, 0.5) is 0 Å². The summed E-state index contributed by atoms with van der Waals surface area (Å²) in [7, 11) is 0. The van der Waals surface area contributed by atoms with Crippen LogP contribution in [0.25, 0.3) is 5.82 Å². The molecule has 0 saturated heterocycles. The first kappa shape index (κ1) is 9.85. The van der Waals surface area contributed by atoms with E-state index in [1.165, 1.54) is 6.20 Å². The number of nitrogens with two attached hydrogens (primary N) is 1. The van der Waals surface area contributed by atoms with Crippen LogP contribution < -0.4 is 5.73 Å². The van der Waals surface area contributed by atoms with Crippen molar-refractivity contribution in [3.8, 4) is 5.82 Å². The summed E-state index contributed by atoms with van der Waals surface area (Å²) < 4.78 is 2.46. The summed E-state index contributed by atoms with van der Waals surface area (Å²) in [5.41, 5.74) is 5.48. The van der Waals surface area contributed by atoms with E-state index in [9.17, 15) is 4.79 Å². The molecule has 0 aliphatic heterocycles. The first-order chi connectivity index (χ1) is 7.16. The van der Waals surface area contributed by atoms with Crippen LogP contribution in [0.1, 0.15) is 10.4 Å². The van der Waals surface area contributed by atoms with Gasteiger partial charge in [0.05, 0.1) is 16.2 Å². The Bertz CT molecular complexity index is 491. The van der Waals surface area contributed by atoms with Crippen LogP contribution in [-0.4, -0.2) is 20.7 Å². The number of hydrogen-bond acceptors (Lipinski definition) is 3. The number of aromatic nitrogens is 3. The van der Waals surface area contributed by atoms with Gasteiger partial charge >= 0.3 is 0 Å². The molecule has 0 atom stereocenters. The molecule has 6 heteroatoms. The number of carbonyl (C=O) groups is 1. The lowest BCUT2D eigenvalue weighted by atomic mass is 10.3.